The Hall–Kier alpha value is -2.05. The van der Waals surface area contributed by atoms with Gasteiger partial charge in [-0.1, -0.05) is 42.5 Å². The summed E-state index contributed by atoms with van der Waals surface area (Å²) < 4.78 is 5.24. The van der Waals surface area contributed by atoms with E-state index in [0.717, 1.165) is 11.5 Å². The smallest absolute Gasteiger partial charge is 0.332 e. The number of rotatable bonds is 7. The molecule has 1 aliphatic rings. The van der Waals surface area contributed by atoms with Crippen LogP contribution in [0.3, 0.4) is 0 Å². The normalized spacial score (nSPS) is 19.8. The van der Waals surface area contributed by atoms with Crippen LogP contribution in [-0.2, 0) is 20.1 Å². The van der Waals surface area contributed by atoms with Crippen molar-refractivity contribution in [2.45, 2.75) is 30.8 Å². The van der Waals surface area contributed by atoms with Gasteiger partial charge >= 0.3 is 5.97 Å². The van der Waals surface area contributed by atoms with Gasteiger partial charge in [-0.3, -0.25) is 4.79 Å². The van der Waals surface area contributed by atoms with Crippen LogP contribution in [0.15, 0.2) is 42.5 Å². The Bertz CT molecular complexity index is 759. The second-order valence-electron chi connectivity index (χ2n) is 6.01. The quantitative estimate of drug-likeness (QED) is 0.744. The van der Waals surface area contributed by atoms with Crippen LogP contribution in [0.2, 0.25) is 0 Å². The molecule has 0 spiro atoms. The van der Waals surface area contributed by atoms with Crippen molar-refractivity contribution >= 4 is 34.4 Å². The zero-order valence-corrected chi connectivity index (χ0v) is 14.6. The number of carboxylic acids is 1. The molecule has 1 heterocycles. The zero-order chi connectivity index (χ0) is 17.6. The van der Waals surface area contributed by atoms with E-state index < -0.39 is 18.2 Å². The molecule has 0 bridgehead atoms. The number of carboxylic acid groups (broad SMARTS) is 1. The van der Waals surface area contributed by atoms with E-state index in [0.29, 0.717) is 19.4 Å². The third kappa shape index (κ3) is 4.52. The van der Waals surface area contributed by atoms with Gasteiger partial charge in [0, 0.05) is 18.1 Å². The first-order valence-corrected chi connectivity index (χ1v) is 9.51. The standard InChI is InChI=1S/C19H21NO4S/c21-18(16-8-9-17(24-16)19(22)23)20-10-11-25-12-14-6-3-5-13-4-1-2-7-15(13)14/h1-7,16-17H,8-12H2,(H,20,21)(H,22,23)/t16-,17+/m0/s1. The SMILES string of the molecule is O=C(NCCSCc1cccc2ccccc12)[C@@H]1CC[C@H](C(=O)O)O1. The number of thioether (sulfide) groups is 1. The predicted octanol–water partition coefficient (Wildman–Crippen LogP) is 2.82. The number of amides is 1. The Morgan fingerprint density at radius 1 is 1.12 bits per heavy atom. The average molecular weight is 359 g/mol. The summed E-state index contributed by atoms with van der Waals surface area (Å²) >= 11 is 1.76. The monoisotopic (exact) mass is 359 g/mol. The van der Waals surface area contributed by atoms with Crippen molar-refractivity contribution in [3.63, 3.8) is 0 Å². The van der Waals surface area contributed by atoms with Crippen molar-refractivity contribution in [3.05, 3.63) is 48.0 Å². The van der Waals surface area contributed by atoms with Crippen LogP contribution in [0.1, 0.15) is 18.4 Å². The molecule has 0 aliphatic carbocycles. The molecule has 2 aromatic rings. The number of hydrogen-bond acceptors (Lipinski definition) is 4. The zero-order valence-electron chi connectivity index (χ0n) is 13.8. The summed E-state index contributed by atoms with van der Waals surface area (Å²) in [6.45, 7) is 0.547. The molecule has 1 fully saturated rings. The van der Waals surface area contributed by atoms with Crippen LogP contribution in [0.4, 0.5) is 0 Å². The van der Waals surface area contributed by atoms with Gasteiger partial charge in [0.1, 0.15) is 6.10 Å². The lowest BCUT2D eigenvalue weighted by Gasteiger charge is -2.12. The molecule has 6 heteroatoms. The summed E-state index contributed by atoms with van der Waals surface area (Å²) in [6.07, 6.45) is -0.629. The van der Waals surface area contributed by atoms with E-state index in [1.165, 1.54) is 16.3 Å². The molecular formula is C19H21NO4S. The highest BCUT2D eigenvalue weighted by molar-refractivity contribution is 7.98. The van der Waals surface area contributed by atoms with E-state index in [1.807, 2.05) is 12.1 Å². The number of carbonyl (C=O) groups excluding carboxylic acids is 1. The minimum atomic E-state index is -0.999. The van der Waals surface area contributed by atoms with Gasteiger partial charge in [0.25, 0.3) is 0 Å². The lowest BCUT2D eigenvalue weighted by Crippen LogP contribution is -2.36. The van der Waals surface area contributed by atoms with Gasteiger partial charge < -0.3 is 15.2 Å². The van der Waals surface area contributed by atoms with Crippen LogP contribution in [0.25, 0.3) is 10.8 Å². The lowest BCUT2D eigenvalue weighted by molar-refractivity contribution is -0.151. The Morgan fingerprint density at radius 2 is 1.88 bits per heavy atom. The second-order valence-corrected chi connectivity index (χ2v) is 7.12. The molecule has 2 N–H and O–H groups in total. The maximum atomic E-state index is 12.0. The highest BCUT2D eigenvalue weighted by Gasteiger charge is 2.34. The first-order valence-electron chi connectivity index (χ1n) is 8.35. The number of aliphatic carboxylic acids is 1. The number of benzene rings is 2. The molecule has 25 heavy (non-hydrogen) atoms. The molecule has 1 aliphatic heterocycles. The molecule has 1 amide bonds. The first-order chi connectivity index (χ1) is 12.1. The minimum absolute atomic E-state index is 0.213. The van der Waals surface area contributed by atoms with Gasteiger partial charge in [-0.25, -0.2) is 4.79 Å². The van der Waals surface area contributed by atoms with E-state index in [1.54, 1.807) is 11.8 Å². The van der Waals surface area contributed by atoms with Crippen LogP contribution in [0, 0.1) is 0 Å². The fourth-order valence-electron chi connectivity index (χ4n) is 2.97. The van der Waals surface area contributed by atoms with Gasteiger partial charge in [-0.05, 0) is 29.2 Å². The summed E-state index contributed by atoms with van der Waals surface area (Å²) in [5.41, 5.74) is 1.29. The van der Waals surface area contributed by atoms with Crippen molar-refractivity contribution in [2.24, 2.45) is 0 Å². The summed E-state index contributed by atoms with van der Waals surface area (Å²) in [5.74, 6) is 0.470. The van der Waals surface area contributed by atoms with Crippen LogP contribution < -0.4 is 5.32 Å². The average Bonchev–Trinajstić information content (AvgIpc) is 3.12. The van der Waals surface area contributed by atoms with Crippen LogP contribution in [0.5, 0.6) is 0 Å². The molecule has 2 atom stereocenters. The molecule has 2 aromatic carbocycles. The number of hydrogen-bond donors (Lipinski definition) is 2. The van der Waals surface area contributed by atoms with Gasteiger partial charge in [0.2, 0.25) is 5.91 Å². The molecular weight excluding hydrogens is 338 g/mol. The molecule has 5 nitrogen and oxygen atoms in total. The van der Waals surface area contributed by atoms with Gasteiger partial charge in [-0.15, -0.1) is 0 Å². The molecule has 132 valence electrons. The summed E-state index contributed by atoms with van der Waals surface area (Å²) in [6, 6.07) is 14.6. The number of nitrogens with one attached hydrogen (secondary N) is 1. The highest BCUT2D eigenvalue weighted by atomic mass is 32.2. The van der Waals surface area contributed by atoms with Crippen molar-refractivity contribution in [3.8, 4) is 0 Å². The second kappa shape index (κ2) is 8.36. The Labute approximate surface area is 150 Å². The minimum Gasteiger partial charge on any atom is -0.479 e. The Balaban J connectivity index is 1.40. The molecule has 0 radical (unpaired) electrons. The van der Waals surface area contributed by atoms with E-state index in [4.69, 9.17) is 9.84 Å². The summed E-state index contributed by atoms with van der Waals surface area (Å²) in [4.78, 5) is 22.8. The van der Waals surface area contributed by atoms with Crippen LogP contribution >= 0.6 is 11.8 Å². The third-order valence-electron chi connectivity index (χ3n) is 4.27. The Kier molecular flexibility index (Phi) is 5.94. The fraction of sp³-hybridized carbons (Fsp3) is 0.368. The van der Waals surface area contributed by atoms with E-state index in [9.17, 15) is 9.59 Å². The number of fused-ring (bicyclic) bond motifs is 1. The summed E-state index contributed by atoms with van der Waals surface area (Å²) in [7, 11) is 0. The number of ether oxygens (including phenoxy) is 1. The highest BCUT2D eigenvalue weighted by Crippen LogP contribution is 2.23. The first kappa shape index (κ1) is 17.8. The number of carbonyl (C=O) groups is 2. The molecule has 0 unspecified atom stereocenters. The molecule has 1 saturated heterocycles. The fourth-order valence-corrected chi connectivity index (χ4v) is 3.83. The van der Waals surface area contributed by atoms with Crippen LogP contribution in [-0.4, -0.2) is 41.5 Å². The van der Waals surface area contributed by atoms with E-state index >= 15 is 0 Å². The molecule has 0 saturated carbocycles. The third-order valence-corrected chi connectivity index (χ3v) is 5.28. The Morgan fingerprint density at radius 3 is 2.68 bits per heavy atom. The van der Waals surface area contributed by atoms with Crippen molar-refractivity contribution in [1.82, 2.24) is 5.32 Å². The van der Waals surface area contributed by atoms with Gasteiger partial charge in [-0.2, -0.15) is 11.8 Å². The maximum absolute atomic E-state index is 12.0. The molecule has 3 rings (SSSR count). The topological polar surface area (TPSA) is 75.6 Å². The van der Waals surface area contributed by atoms with Crippen molar-refractivity contribution in [1.29, 1.82) is 0 Å². The largest absolute Gasteiger partial charge is 0.479 e. The maximum Gasteiger partial charge on any atom is 0.332 e. The molecule has 0 aromatic heterocycles. The van der Waals surface area contributed by atoms with E-state index in [-0.39, 0.29) is 5.91 Å². The van der Waals surface area contributed by atoms with E-state index in [2.05, 4.69) is 35.6 Å². The lowest BCUT2D eigenvalue weighted by atomic mass is 10.1. The van der Waals surface area contributed by atoms with Gasteiger partial charge in [0.15, 0.2) is 6.10 Å². The summed E-state index contributed by atoms with van der Waals surface area (Å²) in [5, 5.41) is 14.2. The van der Waals surface area contributed by atoms with Crippen molar-refractivity contribution in [2.75, 3.05) is 12.3 Å². The predicted molar refractivity (Wildman–Crippen MR) is 98.7 cm³/mol. The van der Waals surface area contributed by atoms with Crippen molar-refractivity contribution < 1.29 is 19.4 Å². The van der Waals surface area contributed by atoms with Gasteiger partial charge in [0.05, 0.1) is 0 Å².